The first kappa shape index (κ1) is 13.9. The molecule has 0 radical (unpaired) electrons. The zero-order valence-electron chi connectivity index (χ0n) is 11.1. The molecule has 114 valence electrons. The molecule has 3 heterocycles. The lowest BCUT2D eigenvalue weighted by Crippen LogP contribution is -2.33. The fourth-order valence-corrected chi connectivity index (χ4v) is 2.51. The van der Waals surface area contributed by atoms with Crippen LogP contribution in [0.1, 0.15) is 12.1 Å². The van der Waals surface area contributed by atoms with Crippen molar-refractivity contribution in [3.05, 3.63) is 16.2 Å². The number of imidazole rings is 1. The summed E-state index contributed by atoms with van der Waals surface area (Å²) < 4.78 is 6.81. The SMILES string of the molecule is Cc1nc2c(=O)[nH]c(N)nc2n1[C@@H]1O[C@H](CO)C(O)C1O. The van der Waals surface area contributed by atoms with Crippen molar-refractivity contribution in [1.29, 1.82) is 0 Å². The summed E-state index contributed by atoms with van der Waals surface area (Å²) in [5.74, 6) is 0.267. The van der Waals surface area contributed by atoms with Crippen LogP contribution in [0.3, 0.4) is 0 Å². The van der Waals surface area contributed by atoms with Gasteiger partial charge in [-0.2, -0.15) is 4.98 Å². The Hall–Kier alpha value is -2.01. The smallest absolute Gasteiger partial charge is 0.280 e. The Kier molecular flexibility index (Phi) is 3.17. The molecule has 1 fully saturated rings. The maximum absolute atomic E-state index is 11.8. The van der Waals surface area contributed by atoms with Gasteiger partial charge in [-0.1, -0.05) is 0 Å². The van der Waals surface area contributed by atoms with E-state index in [1.54, 1.807) is 6.92 Å². The number of aromatic nitrogens is 4. The van der Waals surface area contributed by atoms with Crippen LogP contribution in [-0.4, -0.2) is 59.8 Å². The number of H-pyrrole nitrogens is 1. The van der Waals surface area contributed by atoms with Gasteiger partial charge in [0.15, 0.2) is 17.4 Å². The molecule has 0 spiro atoms. The first-order valence-electron chi connectivity index (χ1n) is 6.30. The summed E-state index contributed by atoms with van der Waals surface area (Å²) in [6.07, 6.45) is -4.49. The van der Waals surface area contributed by atoms with Crippen molar-refractivity contribution >= 4 is 17.1 Å². The molecule has 2 aromatic rings. The first-order valence-corrected chi connectivity index (χ1v) is 6.30. The van der Waals surface area contributed by atoms with Crippen LogP contribution in [0.4, 0.5) is 5.95 Å². The molecular weight excluding hydrogens is 282 g/mol. The molecule has 1 saturated heterocycles. The minimum absolute atomic E-state index is 0.0550. The van der Waals surface area contributed by atoms with Crippen LogP contribution in [-0.2, 0) is 4.74 Å². The van der Waals surface area contributed by atoms with Crippen LogP contribution < -0.4 is 11.3 Å². The van der Waals surface area contributed by atoms with E-state index in [1.807, 2.05) is 0 Å². The van der Waals surface area contributed by atoms with Crippen LogP contribution in [0.2, 0.25) is 0 Å². The topological polar surface area (TPSA) is 160 Å². The molecule has 3 rings (SSSR count). The zero-order chi connectivity index (χ0) is 15.3. The molecule has 10 nitrogen and oxygen atoms in total. The van der Waals surface area contributed by atoms with Crippen molar-refractivity contribution in [2.45, 2.75) is 31.5 Å². The molecule has 0 saturated carbocycles. The molecule has 0 aliphatic carbocycles. The van der Waals surface area contributed by atoms with Crippen molar-refractivity contribution < 1.29 is 20.1 Å². The average molecular weight is 297 g/mol. The van der Waals surface area contributed by atoms with Crippen molar-refractivity contribution in [3.8, 4) is 0 Å². The van der Waals surface area contributed by atoms with Gasteiger partial charge in [0, 0.05) is 0 Å². The monoisotopic (exact) mass is 297 g/mol. The molecule has 0 amide bonds. The van der Waals surface area contributed by atoms with E-state index in [4.69, 9.17) is 15.6 Å². The second-order valence-corrected chi connectivity index (χ2v) is 4.88. The Morgan fingerprint density at radius 3 is 2.71 bits per heavy atom. The van der Waals surface area contributed by atoms with E-state index in [1.165, 1.54) is 4.57 Å². The van der Waals surface area contributed by atoms with E-state index in [0.29, 0.717) is 5.82 Å². The third-order valence-corrected chi connectivity index (χ3v) is 3.52. The Morgan fingerprint density at radius 2 is 2.10 bits per heavy atom. The Labute approximate surface area is 117 Å². The predicted molar refractivity (Wildman–Crippen MR) is 70.3 cm³/mol. The Morgan fingerprint density at radius 1 is 1.38 bits per heavy atom. The average Bonchev–Trinajstić information content (AvgIpc) is 2.89. The van der Waals surface area contributed by atoms with Crippen LogP contribution in [0, 0.1) is 6.92 Å². The number of ether oxygens (including phenoxy) is 1. The fraction of sp³-hybridized carbons (Fsp3) is 0.545. The molecule has 0 aromatic carbocycles. The van der Waals surface area contributed by atoms with Gasteiger partial charge in [0.2, 0.25) is 5.95 Å². The lowest BCUT2D eigenvalue weighted by Gasteiger charge is -2.18. The molecule has 2 aromatic heterocycles. The van der Waals surface area contributed by atoms with Crippen molar-refractivity contribution in [1.82, 2.24) is 19.5 Å². The number of aliphatic hydroxyl groups is 3. The Bertz CT molecular complexity index is 740. The van der Waals surface area contributed by atoms with Gasteiger partial charge in [0.05, 0.1) is 6.61 Å². The third-order valence-electron chi connectivity index (χ3n) is 3.52. The summed E-state index contributed by atoms with van der Waals surface area (Å²) >= 11 is 0. The fourth-order valence-electron chi connectivity index (χ4n) is 2.51. The zero-order valence-corrected chi connectivity index (χ0v) is 11.1. The maximum atomic E-state index is 11.8. The number of aromatic amines is 1. The summed E-state index contributed by atoms with van der Waals surface area (Å²) in [5, 5.41) is 29.0. The number of anilines is 1. The van der Waals surface area contributed by atoms with Crippen molar-refractivity contribution in [2.24, 2.45) is 0 Å². The number of nitrogens with two attached hydrogens (primary N) is 1. The number of fused-ring (bicyclic) bond motifs is 1. The normalized spacial score (nSPS) is 29.3. The van der Waals surface area contributed by atoms with E-state index in [9.17, 15) is 15.0 Å². The molecule has 10 heteroatoms. The molecule has 1 aliphatic rings. The van der Waals surface area contributed by atoms with Gasteiger partial charge < -0.3 is 25.8 Å². The standard InChI is InChI=1S/C11H15N5O5/c1-3-13-5-8(14-11(12)15-9(5)20)16(3)10-7(19)6(18)4(2-17)21-10/h4,6-7,10,17-19H,2H2,1H3,(H3,12,14,15,20)/t4-,6?,7?,10-/m1/s1. The van der Waals surface area contributed by atoms with E-state index in [0.717, 1.165) is 0 Å². The molecule has 21 heavy (non-hydrogen) atoms. The summed E-state index contributed by atoms with van der Waals surface area (Å²) in [7, 11) is 0. The summed E-state index contributed by atoms with van der Waals surface area (Å²) in [5.41, 5.74) is 5.21. The molecule has 1 aliphatic heterocycles. The number of hydrogen-bond acceptors (Lipinski definition) is 8. The predicted octanol–water partition coefficient (Wildman–Crippen LogP) is -2.38. The number of rotatable bonds is 2. The highest BCUT2D eigenvalue weighted by Gasteiger charge is 2.44. The maximum Gasteiger partial charge on any atom is 0.280 e. The number of nitrogens with zero attached hydrogens (tertiary/aromatic N) is 3. The van der Waals surface area contributed by atoms with E-state index >= 15 is 0 Å². The summed E-state index contributed by atoms with van der Waals surface area (Å²) in [6.45, 7) is 1.16. The van der Waals surface area contributed by atoms with Crippen LogP contribution in [0.25, 0.3) is 11.2 Å². The van der Waals surface area contributed by atoms with Crippen LogP contribution in [0.5, 0.6) is 0 Å². The lowest BCUT2D eigenvalue weighted by atomic mass is 10.1. The van der Waals surface area contributed by atoms with Gasteiger partial charge in [0.1, 0.15) is 24.1 Å². The first-order chi connectivity index (χ1) is 9.93. The minimum Gasteiger partial charge on any atom is -0.394 e. The molecule has 2 unspecified atom stereocenters. The summed E-state index contributed by atoms with van der Waals surface area (Å²) in [6, 6.07) is 0. The van der Waals surface area contributed by atoms with Gasteiger partial charge in [-0.25, -0.2) is 4.98 Å². The van der Waals surface area contributed by atoms with Crippen LogP contribution >= 0.6 is 0 Å². The van der Waals surface area contributed by atoms with Gasteiger partial charge in [-0.05, 0) is 6.92 Å². The second kappa shape index (κ2) is 4.77. The summed E-state index contributed by atoms with van der Waals surface area (Å²) in [4.78, 5) is 22.2. The quantitative estimate of drug-likeness (QED) is 0.411. The molecular formula is C11H15N5O5. The molecule has 4 atom stereocenters. The molecule has 6 N–H and O–H groups in total. The van der Waals surface area contributed by atoms with Crippen molar-refractivity contribution in [2.75, 3.05) is 12.3 Å². The van der Waals surface area contributed by atoms with Gasteiger partial charge in [-0.15, -0.1) is 0 Å². The number of aliphatic hydroxyl groups excluding tert-OH is 3. The lowest BCUT2D eigenvalue weighted by molar-refractivity contribution is -0.0519. The largest absolute Gasteiger partial charge is 0.394 e. The highest BCUT2D eigenvalue weighted by molar-refractivity contribution is 5.71. The van der Waals surface area contributed by atoms with Gasteiger partial charge in [-0.3, -0.25) is 14.3 Å². The van der Waals surface area contributed by atoms with Crippen LogP contribution in [0.15, 0.2) is 4.79 Å². The number of nitrogen functional groups attached to an aromatic ring is 1. The number of hydrogen-bond donors (Lipinski definition) is 5. The Balaban J connectivity index is 2.17. The van der Waals surface area contributed by atoms with E-state index < -0.39 is 36.7 Å². The van der Waals surface area contributed by atoms with E-state index in [-0.39, 0.29) is 17.1 Å². The van der Waals surface area contributed by atoms with Gasteiger partial charge >= 0.3 is 0 Å². The highest BCUT2D eigenvalue weighted by Crippen LogP contribution is 2.32. The highest BCUT2D eigenvalue weighted by atomic mass is 16.6. The minimum atomic E-state index is -1.29. The van der Waals surface area contributed by atoms with Gasteiger partial charge in [0.25, 0.3) is 5.56 Å². The third kappa shape index (κ3) is 2.00. The number of nitrogens with one attached hydrogen (secondary N) is 1. The second-order valence-electron chi connectivity index (χ2n) is 4.88. The van der Waals surface area contributed by atoms with Crippen molar-refractivity contribution in [3.63, 3.8) is 0 Å². The van der Waals surface area contributed by atoms with E-state index in [2.05, 4.69) is 15.0 Å². The molecule has 0 bridgehead atoms. The number of aryl methyl sites for hydroxylation is 1.